The summed E-state index contributed by atoms with van der Waals surface area (Å²) in [5.41, 5.74) is 12.2. The molecule has 0 spiro atoms. The predicted octanol–water partition coefficient (Wildman–Crippen LogP) is 1.51. The van der Waals surface area contributed by atoms with Crippen LogP contribution in [0.4, 0.5) is 0 Å². The van der Waals surface area contributed by atoms with Gasteiger partial charge < -0.3 is 10.6 Å². The Hall–Kier alpha value is -0.795. The predicted molar refractivity (Wildman–Crippen MR) is 87.0 cm³/mol. The zero-order chi connectivity index (χ0) is 14.1. The summed E-state index contributed by atoms with van der Waals surface area (Å²) in [5, 5.41) is 0. The second-order valence-electron chi connectivity index (χ2n) is 6.62. The summed E-state index contributed by atoms with van der Waals surface area (Å²) in [4.78, 5) is 2.51. The molecule has 2 N–H and O–H groups in total. The van der Waals surface area contributed by atoms with Crippen molar-refractivity contribution in [3.8, 4) is 0 Å². The zero-order valence-corrected chi connectivity index (χ0v) is 12.9. The second-order valence-corrected chi connectivity index (χ2v) is 6.62. The molecule has 2 aliphatic heterocycles. The fourth-order valence-corrected chi connectivity index (χ4v) is 3.65. The topological polar surface area (TPSA) is 29.3 Å². The van der Waals surface area contributed by atoms with E-state index in [2.05, 4.69) is 38.2 Å². The number of hydrogen-bond donors (Lipinski definition) is 1. The van der Waals surface area contributed by atoms with Gasteiger partial charge in [-0.1, -0.05) is 42.0 Å². The molecule has 1 saturated heterocycles. The molecule has 1 aromatic carbocycles. The first kappa shape index (κ1) is 14.2. The fraction of sp³-hybridized carbons (Fsp3) is 0.647. The van der Waals surface area contributed by atoms with Crippen LogP contribution in [0, 0.1) is 12.8 Å². The van der Waals surface area contributed by atoms with Gasteiger partial charge in [0, 0.05) is 25.7 Å². The molecule has 0 aliphatic carbocycles. The van der Waals surface area contributed by atoms with E-state index in [1.54, 1.807) is 11.1 Å². The molecule has 1 aromatic rings. The molecule has 107 valence electrons. The van der Waals surface area contributed by atoms with Crippen molar-refractivity contribution in [2.24, 2.45) is 11.7 Å². The van der Waals surface area contributed by atoms with Crippen LogP contribution in [-0.2, 0) is 12.8 Å². The molecular weight excluding hydrogens is 243 g/mol. The number of aryl methyl sites for hydroxylation is 1. The molecule has 3 heteroatoms. The van der Waals surface area contributed by atoms with Gasteiger partial charge in [-0.05, 0) is 37.7 Å². The molecule has 1 radical (unpaired) electrons. The highest BCUT2D eigenvalue weighted by Gasteiger charge is 2.28. The van der Waals surface area contributed by atoms with Gasteiger partial charge in [0.25, 0.3) is 0 Å². The highest BCUT2D eigenvalue weighted by molar-refractivity contribution is 6.56. The Kier molecular flexibility index (Phi) is 4.18. The van der Waals surface area contributed by atoms with Crippen LogP contribution >= 0.6 is 0 Å². The Labute approximate surface area is 124 Å². The lowest BCUT2D eigenvalue weighted by molar-refractivity contribution is 0.0930. The standard InChI is InChI=1S/C17H26BN2/c1-3-16(19)11-20-9-13(10-20)8-15-5-4-14-6-7-18-17(14)12(15)2/h4-5,13,16H,3,6-11,19H2,1-2H3. The minimum atomic E-state index is 0.354. The van der Waals surface area contributed by atoms with Gasteiger partial charge in [-0.2, -0.15) is 0 Å². The number of likely N-dealkylation sites (tertiary alicyclic amines) is 1. The van der Waals surface area contributed by atoms with Gasteiger partial charge in [0.2, 0.25) is 0 Å². The number of nitrogens with two attached hydrogens (primary N) is 1. The van der Waals surface area contributed by atoms with E-state index in [-0.39, 0.29) is 0 Å². The Bertz CT molecular complexity index is 480. The van der Waals surface area contributed by atoms with Crippen LogP contribution in [0.3, 0.4) is 0 Å². The van der Waals surface area contributed by atoms with E-state index in [1.165, 1.54) is 43.3 Å². The summed E-state index contributed by atoms with van der Waals surface area (Å²) in [7, 11) is 2.42. The van der Waals surface area contributed by atoms with Gasteiger partial charge in [-0.25, -0.2) is 0 Å². The average molecular weight is 269 g/mol. The monoisotopic (exact) mass is 269 g/mol. The van der Waals surface area contributed by atoms with Crippen molar-refractivity contribution in [2.75, 3.05) is 19.6 Å². The smallest absolute Gasteiger partial charge is 0.152 e. The van der Waals surface area contributed by atoms with Crippen molar-refractivity contribution >= 4 is 12.7 Å². The van der Waals surface area contributed by atoms with Crippen LogP contribution in [0.15, 0.2) is 12.1 Å². The number of fused-ring (bicyclic) bond motifs is 1. The van der Waals surface area contributed by atoms with Gasteiger partial charge in [0.15, 0.2) is 7.28 Å². The third-order valence-electron chi connectivity index (χ3n) is 5.04. The molecule has 20 heavy (non-hydrogen) atoms. The minimum absolute atomic E-state index is 0.354. The molecule has 1 atom stereocenters. The molecule has 0 bridgehead atoms. The summed E-state index contributed by atoms with van der Waals surface area (Å²) < 4.78 is 0. The minimum Gasteiger partial charge on any atom is -0.327 e. The van der Waals surface area contributed by atoms with Crippen molar-refractivity contribution in [1.29, 1.82) is 0 Å². The van der Waals surface area contributed by atoms with Crippen LogP contribution < -0.4 is 11.2 Å². The maximum Gasteiger partial charge on any atom is 0.152 e. The van der Waals surface area contributed by atoms with E-state index in [1.807, 2.05) is 0 Å². The zero-order valence-electron chi connectivity index (χ0n) is 12.9. The van der Waals surface area contributed by atoms with Crippen molar-refractivity contribution in [3.63, 3.8) is 0 Å². The van der Waals surface area contributed by atoms with E-state index in [4.69, 9.17) is 5.73 Å². The molecule has 1 fully saturated rings. The quantitative estimate of drug-likeness (QED) is 0.821. The summed E-state index contributed by atoms with van der Waals surface area (Å²) in [6, 6.07) is 5.07. The van der Waals surface area contributed by atoms with Crippen LogP contribution in [0.5, 0.6) is 0 Å². The van der Waals surface area contributed by atoms with Gasteiger partial charge in [0.05, 0.1) is 0 Å². The van der Waals surface area contributed by atoms with Gasteiger partial charge in [-0.3, -0.25) is 0 Å². The maximum atomic E-state index is 6.02. The van der Waals surface area contributed by atoms with E-state index in [9.17, 15) is 0 Å². The van der Waals surface area contributed by atoms with Crippen LogP contribution in [0.1, 0.15) is 30.0 Å². The fourth-order valence-electron chi connectivity index (χ4n) is 3.65. The lowest BCUT2D eigenvalue weighted by atomic mass is 9.69. The van der Waals surface area contributed by atoms with Gasteiger partial charge >= 0.3 is 0 Å². The summed E-state index contributed by atoms with van der Waals surface area (Å²) in [6.07, 6.45) is 4.79. The van der Waals surface area contributed by atoms with Crippen molar-refractivity contribution in [3.05, 3.63) is 28.8 Å². The molecule has 0 saturated carbocycles. The highest BCUT2D eigenvalue weighted by Crippen LogP contribution is 2.23. The van der Waals surface area contributed by atoms with Crippen LogP contribution in [-0.4, -0.2) is 37.9 Å². The molecule has 3 rings (SSSR count). The Morgan fingerprint density at radius 1 is 1.40 bits per heavy atom. The maximum absolute atomic E-state index is 6.02. The van der Waals surface area contributed by atoms with E-state index in [0.29, 0.717) is 6.04 Å². The molecule has 2 aliphatic rings. The number of rotatable bonds is 5. The van der Waals surface area contributed by atoms with E-state index < -0.39 is 0 Å². The van der Waals surface area contributed by atoms with E-state index in [0.717, 1.165) is 18.9 Å². The third kappa shape index (κ3) is 2.80. The normalized spacial score (nSPS) is 20.4. The lowest BCUT2D eigenvalue weighted by Crippen LogP contribution is -2.51. The Morgan fingerprint density at radius 3 is 2.95 bits per heavy atom. The molecule has 0 aromatic heterocycles. The number of nitrogens with zero attached hydrogens (tertiary/aromatic N) is 1. The van der Waals surface area contributed by atoms with Crippen molar-refractivity contribution < 1.29 is 0 Å². The SMILES string of the molecule is CCC(N)CN1CC(Cc2ccc3c(c2C)[B]CC3)C1. The third-order valence-corrected chi connectivity index (χ3v) is 5.04. The molecule has 0 amide bonds. The first-order chi connectivity index (χ1) is 9.67. The summed E-state index contributed by atoms with van der Waals surface area (Å²) >= 11 is 0. The first-order valence-electron chi connectivity index (χ1n) is 8.10. The van der Waals surface area contributed by atoms with Crippen LogP contribution in [0.25, 0.3) is 0 Å². The Morgan fingerprint density at radius 2 is 2.20 bits per heavy atom. The number of hydrogen-bond acceptors (Lipinski definition) is 2. The second kappa shape index (κ2) is 5.91. The lowest BCUT2D eigenvalue weighted by Gasteiger charge is -2.41. The highest BCUT2D eigenvalue weighted by atomic mass is 15.2. The van der Waals surface area contributed by atoms with Crippen molar-refractivity contribution in [2.45, 2.75) is 45.5 Å². The molecular formula is C17H26BN2. The molecule has 2 heterocycles. The van der Waals surface area contributed by atoms with Gasteiger partial charge in [0.1, 0.15) is 0 Å². The van der Waals surface area contributed by atoms with Crippen LogP contribution in [0.2, 0.25) is 6.32 Å². The molecule has 2 nitrogen and oxygen atoms in total. The summed E-state index contributed by atoms with van der Waals surface area (Å²) in [6.45, 7) is 8.01. The van der Waals surface area contributed by atoms with E-state index >= 15 is 0 Å². The van der Waals surface area contributed by atoms with Gasteiger partial charge in [-0.15, -0.1) is 0 Å². The Balaban J connectivity index is 1.56. The summed E-state index contributed by atoms with van der Waals surface area (Å²) in [5.74, 6) is 0.831. The average Bonchev–Trinajstić information content (AvgIpc) is 2.87. The largest absolute Gasteiger partial charge is 0.327 e. The van der Waals surface area contributed by atoms with Crippen molar-refractivity contribution in [1.82, 2.24) is 4.90 Å². The molecule has 1 unspecified atom stereocenters. The first-order valence-corrected chi connectivity index (χ1v) is 8.10. The number of benzene rings is 1.